The molecular weight excluding hydrogens is 372 g/mol. The van der Waals surface area contributed by atoms with Crippen LogP contribution in [0.3, 0.4) is 0 Å². The van der Waals surface area contributed by atoms with Crippen LogP contribution in [0.25, 0.3) is 0 Å². The Balaban J connectivity index is 1.44. The highest BCUT2D eigenvalue weighted by atomic mass is 32.1. The van der Waals surface area contributed by atoms with Gasteiger partial charge >= 0.3 is 0 Å². The Hall–Kier alpha value is -1.96. The molecule has 3 rings (SSSR count). The third-order valence-electron chi connectivity index (χ3n) is 4.77. The van der Waals surface area contributed by atoms with Crippen molar-refractivity contribution in [2.75, 3.05) is 27.3 Å². The maximum Gasteiger partial charge on any atom is 0.194 e. The molecule has 1 saturated heterocycles. The summed E-state index contributed by atoms with van der Waals surface area (Å²) in [4.78, 5) is 11.0. The average Bonchev–Trinajstić information content (AvgIpc) is 3.13. The number of aromatic nitrogens is 1. The third kappa shape index (κ3) is 6.29. The molecule has 0 radical (unpaired) electrons. The second kappa shape index (κ2) is 10.5. The summed E-state index contributed by atoms with van der Waals surface area (Å²) in [6.45, 7) is 5.79. The number of nitrogens with zero attached hydrogens (tertiary/aromatic N) is 3. The normalized spacial score (nSPS) is 15.6. The minimum absolute atomic E-state index is 0.329. The fourth-order valence-electron chi connectivity index (χ4n) is 3.17. The molecular formula is C21H30N4O2S. The van der Waals surface area contributed by atoms with Crippen LogP contribution in [0.1, 0.15) is 34.7 Å². The smallest absolute Gasteiger partial charge is 0.194 e. The van der Waals surface area contributed by atoms with Gasteiger partial charge in [-0.05, 0) is 30.9 Å². The Kier molecular flexibility index (Phi) is 7.82. The second-order valence-electron chi connectivity index (χ2n) is 7.05. The molecule has 0 unspecified atom stereocenters. The number of nitrogens with one attached hydrogen (secondary N) is 1. The van der Waals surface area contributed by atoms with Gasteiger partial charge in [0.15, 0.2) is 5.96 Å². The lowest BCUT2D eigenvalue weighted by Gasteiger charge is -2.22. The first-order chi connectivity index (χ1) is 13.6. The largest absolute Gasteiger partial charge is 0.381 e. The lowest BCUT2D eigenvalue weighted by atomic mass is 10.1. The van der Waals surface area contributed by atoms with Crippen molar-refractivity contribution in [3.63, 3.8) is 0 Å². The van der Waals surface area contributed by atoms with E-state index in [0.29, 0.717) is 12.7 Å². The molecule has 1 N–H and O–H groups in total. The number of aliphatic imine (C=N–C) groups is 1. The van der Waals surface area contributed by atoms with E-state index >= 15 is 0 Å². The van der Waals surface area contributed by atoms with Crippen molar-refractivity contribution < 1.29 is 9.47 Å². The van der Waals surface area contributed by atoms with Crippen molar-refractivity contribution in [2.24, 2.45) is 4.99 Å². The number of guanidine groups is 1. The molecule has 0 spiro atoms. The predicted octanol–water partition coefficient (Wildman–Crippen LogP) is 3.35. The van der Waals surface area contributed by atoms with Gasteiger partial charge in [-0.3, -0.25) is 4.99 Å². The van der Waals surface area contributed by atoms with Gasteiger partial charge in [-0.25, -0.2) is 4.98 Å². The molecule has 28 heavy (non-hydrogen) atoms. The number of benzene rings is 1. The van der Waals surface area contributed by atoms with Crippen LogP contribution in [0.5, 0.6) is 0 Å². The van der Waals surface area contributed by atoms with Crippen LogP contribution in [-0.4, -0.2) is 49.3 Å². The van der Waals surface area contributed by atoms with Crippen molar-refractivity contribution in [1.82, 2.24) is 15.2 Å². The quantitative estimate of drug-likeness (QED) is 0.568. The number of thiazole rings is 1. The van der Waals surface area contributed by atoms with Gasteiger partial charge in [-0.15, -0.1) is 11.3 Å². The van der Waals surface area contributed by atoms with Gasteiger partial charge in [0.1, 0.15) is 0 Å². The van der Waals surface area contributed by atoms with E-state index < -0.39 is 0 Å². The molecule has 0 atom stereocenters. The number of rotatable bonds is 7. The highest BCUT2D eigenvalue weighted by Gasteiger charge is 2.14. The Morgan fingerprint density at radius 2 is 2.00 bits per heavy atom. The summed E-state index contributed by atoms with van der Waals surface area (Å²) in [5.74, 6) is 0.859. The van der Waals surface area contributed by atoms with Gasteiger partial charge in [0, 0.05) is 39.2 Å². The first-order valence-electron chi connectivity index (χ1n) is 9.74. The highest BCUT2D eigenvalue weighted by molar-refractivity contribution is 7.09. The fraction of sp³-hybridized carbons (Fsp3) is 0.524. The molecule has 1 aromatic heterocycles. The molecule has 1 aliphatic rings. The summed E-state index contributed by atoms with van der Waals surface area (Å²) in [6, 6.07) is 8.57. The predicted molar refractivity (Wildman–Crippen MR) is 114 cm³/mol. The molecule has 6 nitrogen and oxygen atoms in total. The van der Waals surface area contributed by atoms with Gasteiger partial charge in [0.2, 0.25) is 0 Å². The molecule has 0 saturated carbocycles. The Morgan fingerprint density at radius 3 is 2.64 bits per heavy atom. The van der Waals surface area contributed by atoms with Crippen molar-refractivity contribution in [3.05, 3.63) is 51.5 Å². The lowest BCUT2D eigenvalue weighted by molar-refractivity contribution is -0.0390. The van der Waals surface area contributed by atoms with Gasteiger partial charge < -0.3 is 19.7 Å². The van der Waals surface area contributed by atoms with Crippen LogP contribution in [-0.2, 0) is 29.2 Å². The van der Waals surface area contributed by atoms with E-state index in [0.717, 1.165) is 55.8 Å². The Labute approximate surface area is 171 Å². The van der Waals surface area contributed by atoms with E-state index in [1.807, 2.05) is 21.0 Å². The molecule has 0 amide bonds. The highest BCUT2D eigenvalue weighted by Crippen LogP contribution is 2.14. The summed E-state index contributed by atoms with van der Waals surface area (Å²) < 4.78 is 11.4. The molecule has 1 fully saturated rings. The fourth-order valence-corrected chi connectivity index (χ4v) is 3.78. The van der Waals surface area contributed by atoms with Crippen LogP contribution in [0, 0.1) is 6.92 Å². The van der Waals surface area contributed by atoms with Crippen LogP contribution < -0.4 is 5.32 Å². The molecule has 2 heterocycles. The van der Waals surface area contributed by atoms with Crippen LogP contribution in [0.4, 0.5) is 0 Å². The van der Waals surface area contributed by atoms with E-state index in [1.54, 1.807) is 11.3 Å². The van der Waals surface area contributed by atoms with Crippen LogP contribution in [0.15, 0.2) is 34.6 Å². The average molecular weight is 403 g/mol. The molecule has 152 valence electrons. The minimum atomic E-state index is 0.329. The monoisotopic (exact) mass is 402 g/mol. The maximum absolute atomic E-state index is 5.99. The summed E-state index contributed by atoms with van der Waals surface area (Å²) in [6.07, 6.45) is 2.32. The summed E-state index contributed by atoms with van der Waals surface area (Å²) >= 11 is 1.68. The van der Waals surface area contributed by atoms with E-state index in [1.165, 1.54) is 11.1 Å². The van der Waals surface area contributed by atoms with Crippen molar-refractivity contribution in [2.45, 2.75) is 45.6 Å². The molecule has 1 aromatic carbocycles. The zero-order valence-electron chi connectivity index (χ0n) is 17.0. The molecule has 1 aliphatic heterocycles. The van der Waals surface area contributed by atoms with Crippen molar-refractivity contribution >= 4 is 17.3 Å². The number of ether oxygens (including phenoxy) is 2. The maximum atomic E-state index is 5.99. The molecule has 7 heteroatoms. The van der Waals surface area contributed by atoms with E-state index in [4.69, 9.17) is 9.47 Å². The lowest BCUT2D eigenvalue weighted by Crippen LogP contribution is -2.38. The zero-order chi connectivity index (χ0) is 19.8. The number of aryl methyl sites for hydroxylation is 1. The second-order valence-corrected chi connectivity index (χ2v) is 8.12. The first-order valence-corrected chi connectivity index (χ1v) is 10.6. The van der Waals surface area contributed by atoms with E-state index in [-0.39, 0.29) is 0 Å². The van der Waals surface area contributed by atoms with Gasteiger partial charge in [0.05, 0.1) is 30.0 Å². The van der Waals surface area contributed by atoms with Gasteiger partial charge in [-0.1, -0.05) is 24.3 Å². The van der Waals surface area contributed by atoms with Crippen molar-refractivity contribution in [3.8, 4) is 0 Å². The summed E-state index contributed by atoms with van der Waals surface area (Å²) in [5.41, 5.74) is 3.49. The third-order valence-corrected chi connectivity index (χ3v) is 5.59. The Bertz CT molecular complexity index is 754. The number of hydrogen-bond donors (Lipinski definition) is 1. The summed E-state index contributed by atoms with van der Waals surface area (Å²) in [7, 11) is 3.84. The van der Waals surface area contributed by atoms with Crippen LogP contribution in [0.2, 0.25) is 0 Å². The van der Waals surface area contributed by atoms with Crippen LogP contribution >= 0.6 is 11.3 Å². The molecule has 0 aliphatic carbocycles. The SMILES string of the molecule is CN=C(NCc1ccc(COC2CCOCC2)cc1)N(C)Cc1csc(C)n1. The minimum Gasteiger partial charge on any atom is -0.381 e. The summed E-state index contributed by atoms with van der Waals surface area (Å²) in [5, 5.41) is 6.61. The number of hydrogen-bond acceptors (Lipinski definition) is 5. The zero-order valence-corrected chi connectivity index (χ0v) is 17.8. The topological polar surface area (TPSA) is 59.0 Å². The van der Waals surface area contributed by atoms with Crippen molar-refractivity contribution in [1.29, 1.82) is 0 Å². The molecule has 2 aromatic rings. The first kappa shape index (κ1) is 20.8. The standard InChI is InChI=1S/C21H30N4O2S/c1-16-24-19(15-28-16)13-25(3)21(22-2)23-12-17-4-6-18(7-5-17)14-27-20-8-10-26-11-9-20/h4-7,15,20H,8-14H2,1-3H3,(H,22,23). The molecule has 0 bridgehead atoms. The van der Waals surface area contributed by atoms with Gasteiger partial charge in [-0.2, -0.15) is 0 Å². The van der Waals surface area contributed by atoms with E-state index in [2.05, 4.69) is 49.8 Å². The van der Waals surface area contributed by atoms with Gasteiger partial charge in [0.25, 0.3) is 0 Å². The van der Waals surface area contributed by atoms with E-state index in [9.17, 15) is 0 Å². The Morgan fingerprint density at radius 1 is 1.29 bits per heavy atom.